The van der Waals surface area contributed by atoms with Gasteiger partial charge in [-0.1, -0.05) is 6.42 Å². The standard InChI is InChI=1S/C8H16N2/c1-2-9-8-10-6-4-3-5-7-10/h2H,3-8H2,1H3/b9-2-. The van der Waals surface area contributed by atoms with Gasteiger partial charge in [-0.3, -0.25) is 9.89 Å². The normalized spacial score (nSPS) is 22.1. The Labute approximate surface area is 62.9 Å². The van der Waals surface area contributed by atoms with E-state index < -0.39 is 0 Å². The molecule has 2 nitrogen and oxygen atoms in total. The van der Waals surface area contributed by atoms with E-state index in [1.165, 1.54) is 32.4 Å². The van der Waals surface area contributed by atoms with Crippen LogP contribution >= 0.6 is 0 Å². The number of likely N-dealkylation sites (tertiary alicyclic amines) is 1. The molecule has 0 amide bonds. The molecule has 0 N–H and O–H groups in total. The SMILES string of the molecule is C/C=N\CN1CCCCC1. The molecule has 2 heteroatoms. The highest BCUT2D eigenvalue weighted by Crippen LogP contribution is 2.07. The van der Waals surface area contributed by atoms with Crippen LogP contribution in [0.2, 0.25) is 0 Å². The Morgan fingerprint density at radius 1 is 1.30 bits per heavy atom. The van der Waals surface area contributed by atoms with E-state index in [1.54, 1.807) is 0 Å². The molecule has 0 radical (unpaired) electrons. The lowest BCUT2D eigenvalue weighted by molar-refractivity contribution is 0.236. The fourth-order valence-electron chi connectivity index (χ4n) is 1.30. The summed E-state index contributed by atoms with van der Waals surface area (Å²) in [7, 11) is 0. The summed E-state index contributed by atoms with van der Waals surface area (Å²) in [5.41, 5.74) is 0. The zero-order chi connectivity index (χ0) is 7.23. The van der Waals surface area contributed by atoms with Crippen molar-refractivity contribution in [2.75, 3.05) is 19.8 Å². The molecule has 1 saturated heterocycles. The van der Waals surface area contributed by atoms with Crippen molar-refractivity contribution in [3.63, 3.8) is 0 Å². The summed E-state index contributed by atoms with van der Waals surface area (Å²) in [5.74, 6) is 0. The van der Waals surface area contributed by atoms with E-state index in [0.29, 0.717) is 0 Å². The molecule has 0 atom stereocenters. The van der Waals surface area contributed by atoms with Crippen LogP contribution in [0.4, 0.5) is 0 Å². The van der Waals surface area contributed by atoms with Crippen LogP contribution in [0.3, 0.4) is 0 Å². The molecule has 1 heterocycles. The van der Waals surface area contributed by atoms with Gasteiger partial charge in [-0.25, -0.2) is 0 Å². The molecule has 0 bridgehead atoms. The third kappa shape index (κ3) is 2.48. The van der Waals surface area contributed by atoms with Gasteiger partial charge in [0.05, 0.1) is 6.67 Å². The van der Waals surface area contributed by atoms with E-state index >= 15 is 0 Å². The second-order valence-corrected chi connectivity index (χ2v) is 2.76. The maximum Gasteiger partial charge on any atom is 0.0905 e. The van der Waals surface area contributed by atoms with Gasteiger partial charge in [0.15, 0.2) is 0 Å². The maximum absolute atomic E-state index is 4.20. The Bertz CT molecular complexity index is 104. The molecular formula is C8H16N2. The quantitative estimate of drug-likeness (QED) is 0.531. The summed E-state index contributed by atoms with van der Waals surface area (Å²) in [6.45, 7) is 5.38. The number of rotatable bonds is 2. The van der Waals surface area contributed by atoms with Gasteiger partial charge in [-0.15, -0.1) is 0 Å². The highest BCUT2D eigenvalue weighted by Gasteiger charge is 2.07. The Kier molecular flexibility index (Phi) is 3.44. The van der Waals surface area contributed by atoms with E-state index in [1.807, 2.05) is 13.1 Å². The molecule has 0 unspecified atom stereocenters. The summed E-state index contributed by atoms with van der Waals surface area (Å²) in [6.07, 6.45) is 6.01. The molecule has 58 valence electrons. The summed E-state index contributed by atoms with van der Waals surface area (Å²) in [6, 6.07) is 0. The first-order valence-electron chi connectivity index (χ1n) is 4.10. The molecular weight excluding hydrogens is 124 g/mol. The van der Waals surface area contributed by atoms with Crippen molar-refractivity contribution in [1.82, 2.24) is 4.90 Å². The average Bonchev–Trinajstić information content (AvgIpc) is 2.03. The van der Waals surface area contributed by atoms with Gasteiger partial charge in [-0.05, 0) is 39.1 Å². The van der Waals surface area contributed by atoms with Gasteiger partial charge in [0.25, 0.3) is 0 Å². The van der Waals surface area contributed by atoms with Crippen molar-refractivity contribution in [3.05, 3.63) is 0 Å². The van der Waals surface area contributed by atoms with Crippen LogP contribution in [0.15, 0.2) is 4.99 Å². The molecule has 0 spiro atoms. The lowest BCUT2D eigenvalue weighted by Gasteiger charge is -2.24. The van der Waals surface area contributed by atoms with Crippen LogP contribution in [-0.2, 0) is 0 Å². The van der Waals surface area contributed by atoms with Crippen LogP contribution in [0.5, 0.6) is 0 Å². The second kappa shape index (κ2) is 4.45. The molecule has 1 fully saturated rings. The van der Waals surface area contributed by atoms with Crippen molar-refractivity contribution in [1.29, 1.82) is 0 Å². The summed E-state index contributed by atoms with van der Waals surface area (Å²) >= 11 is 0. The van der Waals surface area contributed by atoms with Crippen molar-refractivity contribution < 1.29 is 0 Å². The lowest BCUT2D eigenvalue weighted by atomic mass is 10.1. The Balaban J connectivity index is 2.13. The number of hydrogen-bond donors (Lipinski definition) is 0. The Morgan fingerprint density at radius 3 is 2.60 bits per heavy atom. The molecule has 0 aromatic rings. The van der Waals surface area contributed by atoms with Gasteiger partial charge in [0.1, 0.15) is 0 Å². The number of aliphatic imine (C=N–C) groups is 1. The van der Waals surface area contributed by atoms with Crippen molar-refractivity contribution in [2.45, 2.75) is 26.2 Å². The minimum Gasteiger partial charge on any atom is -0.285 e. The minimum absolute atomic E-state index is 0.913. The van der Waals surface area contributed by atoms with Crippen molar-refractivity contribution in [2.24, 2.45) is 4.99 Å². The van der Waals surface area contributed by atoms with Crippen LogP contribution in [0.25, 0.3) is 0 Å². The van der Waals surface area contributed by atoms with E-state index in [0.717, 1.165) is 6.67 Å². The topological polar surface area (TPSA) is 15.6 Å². The van der Waals surface area contributed by atoms with Crippen LogP contribution < -0.4 is 0 Å². The number of hydrogen-bond acceptors (Lipinski definition) is 2. The first-order valence-corrected chi connectivity index (χ1v) is 4.10. The smallest absolute Gasteiger partial charge is 0.0905 e. The predicted molar refractivity (Wildman–Crippen MR) is 44.5 cm³/mol. The molecule has 0 aromatic carbocycles. The molecule has 1 rings (SSSR count). The highest BCUT2D eigenvalue weighted by molar-refractivity contribution is 5.53. The van der Waals surface area contributed by atoms with Gasteiger partial charge in [0.2, 0.25) is 0 Å². The van der Waals surface area contributed by atoms with Crippen LogP contribution in [0.1, 0.15) is 26.2 Å². The van der Waals surface area contributed by atoms with E-state index in [9.17, 15) is 0 Å². The van der Waals surface area contributed by atoms with Crippen LogP contribution in [-0.4, -0.2) is 30.9 Å². The highest BCUT2D eigenvalue weighted by atomic mass is 15.2. The summed E-state index contributed by atoms with van der Waals surface area (Å²) in [5, 5.41) is 0. The molecule has 0 aliphatic carbocycles. The Hall–Kier alpha value is -0.370. The van der Waals surface area contributed by atoms with Crippen LogP contribution in [0, 0.1) is 0 Å². The fourth-order valence-corrected chi connectivity index (χ4v) is 1.30. The van der Waals surface area contributed by atoms with Gasteiger partial charge in [0, 0.05) is 0 Å². The zero-order valence-corrected chi connectivity index (χ0v) is 6.71. The predicted octanol–water partition coefficient (Wildman–Crippen LogP) is 1.52. The average molecular weight is 140 g/mol. The van der Waals surface area contributed by atoms with Gasteiger partial charge in [-0.2, -0.15) is 0 Å². The largest absolute Gasteiger partial charge is 0.285 e. The monoisotopic (exact) mass is 140 g/mol. The lowest BCUT2D eigenvalue weighted by Crippen LogP contribution is -2.29. The fraction of sp³-hybridized carbons (Fsp3) is 0.875. The third-order valence-corrected chi connectivity index (χ3v) is 1.91. The Morgan fingerprint density at radius 2 is 2.00 bits per heavy atom. The summed E-state index contributed by atoms with van der Waals surface area (Å²) < 4.78 is 0. The van der Waals surface area contributed by atoms with E-state index in [-0.39, 0.29) is 0 Å². The molecule has 1 aliphatic heterocycles. The number of piperidine rings is 1. The minimum atomic E-state index is 0.913. The summed E-state index contributed by atoms with van der Waals surface area (Å²) in [4.78, 5) is 6.60. The van der Waals surface area contributed by atoms with Gasteiger partial charge < -0.3 is 0 Å². The van der Waals surface area contributed by atoms with E-state index in [4.69, 9.17) is 0 Å². The molecule has 0 aromatic heterocycles. The van der Waals surface area contributed by atoms with Gasteiger partial charge >= 0.3 is 0 Å². The zero-order valence-electron chi connectivity index (χ0n) is 6.71. The van der Waals surface area contributed by atoms with Crippen molar-refractivity contribution >= 4 is 6.21 Å². The third-order valence-electron chi connectivity index (χ3n) is 1.91. The molecule has 10 heavy (non-hydrogen) atoms. The first kappa shape index (κ1) is 7.73. The van der Waals surface area contributed by atoms with E-state index in [2.05, 4.69) is 9.89 Å². The second-order valence-electron chi connectivity index (χ2n) is 2.76. The van der Waals surface area contributed by atoms with Crippen molar-refractivity contribution in [3.8, 4) is 0 Å². The maximum atomic E-state index is 4.20. The number of nitrogens with zero attached hydrogens (tertiary/aromatic N) is 2. The molecule has 1 aliphatic rings. The first-order chi connectivity index (χ1) is 4.93. The molecule has 0 saturated carbocycles.